The van der Waals surface area contributed by atoms with Crippen molar-refractivity contribution in [3.8, 4) is 11.1 Å². The summed E-state index contributed by atoms with van der Waals surface area (Å²) in [5, 5.41) is 1.22. The summed E-state index contributed by atoms with van der Waals surface area (Å²) in [4.78, 5) is 11.5. The number of nitrogens with zero attached hydrogens (tertiary/aromatic N) is 3. The molecule has 0 atom stereocenters. The van der Waals surface area contributed by atoms with Crippen LogP contribution >= 0.6 is 11.6 Å². The summed E-state index contributed by atoms with van der Waals surface area (Å²) in [6, 6.07) is 8.72. The number of hydrogen-bond acceptors (Lipinski definition) is 4. The molecule has 2 aromatic heterocycles. The number of hydrogen-bond donors (Lipinski definition) is 0. The van der Waals surface area contributed by atoms with Gasteiger partial charge in [-0.2, -0.15) is 0 Å². The van der Waals surface area contributed by atoms with Crippen LogP contribution in [0.5, 0.6) is 0 Å². The third-order valence-corrected chi connectivity index (χ3v) is 5.02. The van der Waals surface area contributed by atoms with Gasteiger partial charge in [0.2, 0.25) is 0 Å². The molecule has 134 valence electrons. The minimum absolute atomic E-state index is 0.351. The Labute approximate surface area is 156 Å². The number of aromatic nitrogens is 2. The SMILES string of the molecule is Cc1cc2c(-c3ccc(Cl)cc3F)cc(N3CCOCC3)nc2nc1C. The van der Waals surface area contributed by atoms with E-state index in [1.54, 1.807) is 12.1 Å². The molecule has 0 amide bonds. The molecule has 0 spiro atoms. The van der Waals surface area contributed by atoms with Gasteiger partial charge in [-0.25, -0.2) is 14.4 Å². The number of aryl methyl sites for hydroxylation is 2. The van der Waals surface area contributed by atoms with Crippen LogP contribution in [0.15, 0.2) is 30.3 Å². The fraction of sp³-hybridized carbons (Fsp3) is 0.300. The lowest BCUT2D eigenvalue weighted by Crippen LogP contribution is -2.36. The van der Waals surface area contributed by atoms with E-state index in [0.717, 1.165) is 41.1 Å². The number of halogens is 2. The number of ether oxygens (including phenoxy) is 1. The maximum Gasteiger partial charge on any atom is 0.162 e. The molecular formula is C20H19ClFN3O. The number of morpholine rings is 1. The summed E-state index contributed by atoms with van der Waals surface area (Å²) >= 11 is 5.93. The van der Waals surface area contributed by atoms with Gasteiger partial charge >= 0.3 is 0 Å². The molecule has 3 aromatic rings. The van der Waals surface area contributed by atoms with Crippen molar-refractivity contribution in [1.29, 1.82) is 0 Å². The second-order valence-corrected chi connectivity index (χ2v) is 6.95. The highest BCUT2D eigenvalue weighted by Crippen LogP contribution is 2.34. The zero-order chi connectivity index (χ0) is 18.3. The molecule has 6 heteroatoms. The Hall–Kier alpha value is -2.24. The molecule has 1 aliphatic heterocycles. The van der Waals surface area contributed by atoms with Crippen molar-refractivity contribution in [2.24, 2.45) is 0 Å². The average molecular weight is 372 g/mol. The summed E-state index contributed by atoms with van der Waals surface area (Å²) in [6.45, 7) is 6.78. The molecule has 0 aliphatic carbocycles. The van der Waals surface area contributed by atoms with Crippen LogP contribution < -0.4 is 4.90 Å². The van der Waals surface area contributed by atoms with E-state index in [-0.39, 0.29) is 5.82 Å². The van der Waals surface area contributed by atoms with Crippen molar-refractivity contribution in [2.75, 3.05) is 31.2 Å². The van der Waals surface area contributed by atoms with E-state index >= 15 is 0 Å². The fourth-order valence-corrected chi connectivity index (χ4v) is 3.37. The molecule has 0 saturated carbocycles. The second kappa shape index (κ2) is 6.82. The van der Waals surface area contributed by atoms with Gasteiger partial charge in [-0.3, -0.25) is 0 Å². The van der Waals surface area contributed by atoms with E-state index in [9.17, 15) is 4.39 Å². The van der Waals surface area contributed by atoms with Crippen LogP contribution in [0.3, 0.4) is 0 Å². The highest BCUT2D eigenvalue weighted by molar-refractivity contribution is 6.30. The number of benzene rings is 1. The lowest BCUT2D eigenvalue weighted by molar-refractivity contribution is 0.122. The molecular weight excluding hydrogens is 353 g/mol. The van der Waals surface area contributed by atoms with Gasteiger partial charge in [-0.05, 0) is 55.3 Å². The van der Waals surface area contributed by atoms with Gasteiger partial charge in [0.1, 0.15) is 11.6 Å². The van der Waals surface area contributed by atoms with Gasteiger partial charge in [-0.1, -0.05) is 11.6 Å². The van der Waals surface area contributed by atoms with Gasteiger partial charge in [0.05, 0.1) is 13.2 Å². The van der Waals surface area contributed by atoms with Crippen molar-refractivity contribution >= 4 is 28.5 Å². The molecule has 4 nitrogen and oxygen atoms in total. The van der Waals surface area contributed by atoms with Crippen LogP contribution in [0.25, 0.3) is 22.2 Å². The molecule has 0 bridgehead atoms. The summed E-state index contributed by atoms with van der Waals surface area (Å²) in [6.07, 6.45) is 0. The van der Waals surface area contributed by atoms with Crippen LogP contribution in [0.1, 0.15) is 11.3 Å². The molecule has 0 N–H and O–H groups in total. The van der Waals surface area contributed by atoms with E-state index in [1.165, 1.54) is 6.07 Å². The zero-order valence-electron chi connectivity index (χ0n) is 14.7. The van der Waals surface area contributed by atoms with Gasteiger partial charge in [-0.15, -0.1) is 0 Å². The van der Waals surface area contributed by atoms with Gasteiger partial charge < -0.3 is 9.64 Å². The molecule has 1 saturated heterocycles. The Kier molecular flexibility index (Phi) is 4.51. The zero-order valence-corrected chi connectivity index (χ0v) is 15.5. The Balaban J connectivity index is 1.97. The second-order valence-electron chi connectivity index (χ2n) is 6.51. The fourth-order valence-electron chi connectivity index (χ4n) is 3.21. The highest BCUT2D eigenvalue weighted by Gasteiger charge is 2.18. The Bertz CT molecular complexity index is 986. The van der Waals surface area contributed by atoms with Gasteiger partial charge in [0.25, 0.3) is 0 Å². The molecule has 0 unspecified atom stereocenters. The largest absolute Gasteiger partial charge is 0.378 e. The summed E-state index contributed by atoms with van der Waals surface area (Å²) in [5.41, 5.74) is 3.88. The number of pyridine rings is 2. The first-order valence-corrected chi connectivity index (χ1v) is 8.98. The van der Waals surface area contributed by atoms with E-state index in [1.807, 2.05) is 26.0 Å². The first kappa shape index (κ1) is 17.2. The van der Waals surface area contributed by atoms with Crippen LogP contribution in [-0.2, 0) is 4.74 Å². The maximum atomic E-state index is 14.7. The Morgan fingerprint density at radius 3 is 2.54 bits per heavy atom. The quantitative estimate of drug-likeness (QED) is 0.662. The lowest BCUT2D eigenvalue weighted by atomic mass is 10.0. The molecule has 3 heterocycles. The number of rotatable bonds is 2. The van der Waals surface area contributed by atoms with E-state index in [0.29, 0.717) is 29.4 Å². The smallest absolute Gasteiger partial charge is 0.162 e. The predicted molar refractivity (Wildman–Crippen MR) is 102 cm³/mol. The van der Waals surface area contributed by atoms with Crippen LogP contribution in [0.2, 0.25) is 5.02 Å². The van der Waals surface area contributed by atoms with E-state index in [4.69, 9.17) is 21.3 Å². The van der Waals surface area contributed by atoms with Crippen molar-refractivity contribution in [3.05, 3.63) is 52.4 Å². The van der Waals surface area contributed by atoms with E-state index < -0.39 is 0 Å². The summed E-state index contributed by atoms with van der Waals surface area (Å²) in [7, 11) is 0. The van der Waals surface area contributed by atoms with Gasteiger partial charge in [0, 0.05) is 34.8 Å². The first-order chi connectivity index (χ1) is 12.5. The Morgan fingerprint density at radius 2 is 1.81 bits per heavy atom. The predicted octanol–water partition coefficient (Wildman–Crippen LogP) is 4.54. The number of anilines is 1. The topological polar surface area (TPSA) is 38.2 Å². The third kappa shape index (κ3) is 3.13. The minimum Gasteiger partial charge on any atom is -0.378 e. The first-order valence-electron chi connectivity index (χ1n) is 8.60. The standard InChI is InChI=1S/C20H19ClFN3O/c1-12-9-17-16(15-4-3-14(21)10-18(15)22)11-19(24-20(17)23-13(12)2)25-5-7-26-8-6-25/h3-4,9-11H,5-8H2,1-2H3. The average Bonchev–Trinajstić information content (AvgIpc) is 2.63. The number of fused-ring (bicyclic) bond motifs is 1. The van der Waals surface area contributed by atoms with Gasteiger partial charge in [0.15, 0.2) is 5.65 Å². The molecule has 1 aliphatic rings. The van der Waals surface area contributed by atoms with Crippen LogP contribution in [-0.4, -0.2) is 36.3 Å². The minimum atomic E-state index is -0.351. The normalized spacial score (nSPS) is 14.8. The highest BCUT2D eigenvalue weighted by atomic mass is 35.5. The van der Waals surface area contributed by atoms with Crippen LogP contribution in [0, 0.1) is 19.7 Å². The van der Waals surface area contributed by atoms with Crippen molar-refractivity contribution in [2.45, 2.75) is 13.8 Å². The van der Waals surface area contributed by atoms with Crippen molar-refractivity contribution in [1.82, 2.24) is 9.97 Å². The molecule has 1 fully saturated rings. The maximum absolute atomic E-state index is 14.7. The summed E-state index contributed by atoms with van der Waals surface area (Å²) < 4.78 is 20.1. The molecule has 0 radical (unpaired) electrons. The molecule has 4 rings (SSSR count). The summed E-state index contributed by atoms with van der Waals surface area (Å²) in [5.74, 6) is 0.442. The van der Waals surface area contributed by atoms with E-state index in [2.05, 4.69) is 9.88 Å². The lowest BCUT2D eigenvalue weighted by Gasteiger charge is -2.28. The monoisotopic (exact) mass is 371 g/mol. The molecule has 26 heavy (non-hydrogen) atoms. The van der Waals surface area contributed by atoms with Crippen molar-refractivity contribution in [3.63, 3.8) is 0 Å². The Morgan fingerprint density at radius 1 is 1.04 bits per heavy atom. The molecule has 1 aromatic carbocycles. The van der Waals surface area contributed by atoms with Crippen LogP contribution in [0.4, 0.5) is 10.2 Å². The third-order valence-electron chi connectivity index (χ3n) is 4.79. The van der Waals surface area contributed by atoms with Crippen molar-refractivity contribution < 1.29 is 9.13 Å².